The number of amides is 1. The zero-order valence-corrected chi connectivity index (χ0v) is 13.1. The van der Waals surface area contributed by atoms with Gasteiger partial charge < -0.3 is 9.73 Å². The van der Waals surface area contributed by atoms with Gasteiger partial charge in [0, 0.05) is 12.8 Å². The Morgan fingerprint density at radius 3 is 2.88 bits per heavy atom. The van der Waals surface area contributed by atoms with Gasteiger partial charge in [0.2, 0.25) is 0 Å². The predicted octanol–water partition coefficient (Wildman–Crippen LogP) is 3.09. The van der Waals surface area contributed by atoms with Crippen LogP contribution >= 0.6 is 0 Å². The largest absolute Gasteiger partial charge is 0.468 e. The molecule has 5 nitrogen and oxygen atoms in total. The minimum Gasteiger partial charge on any atom is -0.468 e. The van der Waals surface area contributed by atoms with Crippen LogP contribution in [0.2, 0.25) is 0 Å². The molecule has 0 saturated heterocycles. The first-order chi connectivity index (χ1) is 11.6. The van der Waals surface area contributed by atoms with Crippen LogP contribution in [0.5, 0.6) is 0 Å². The molecule has 4 rings (SSSR count). The maximum Gasteiger partial charge on any atom is 0.255 e. The minimum absolute atomic E-state index is 0.0218. The first-order valence-corrected chi connectivity index (χ1v) is 8.10. The average molecular weight is 320 g/mol. The Kier molecular flexibility index (Phi) is 3.27. The Balaban J connectivity index is 1.62. The molecule has 0 atom stereocenters. The molecule has 0 unspecified atom stereocenters. The molecule has 1 saturated carbocycles. The summed E-state index contributed by atoms with van der Waals surface area (Å²) in [4.78, 5) is 24.8. The fourth-order valence-corrected chi connectivity index (χ4v) is 3.37. The van der Waals surface area contributed by atoms with Gasteiger partial charge in [0.1, 0.15) is 12.0 Å². The fraction of sp³-hybridized carbons (Fsp3) is 0.316. The van der Waals surface area contributed by atoms with E-state index in [4.69, 9.17) is 9.68 Å². The maximum atomic E-state index is 12.7. The van der Waals surface area contributed by atoms with Crippen molar-refractivity contribution in [1.82, 2.24) is 5.32 Å². The van der Waals surface area contributed by atoms with E-state index in [1.54, 1.807) is 6.07 Å². The van der Waals surface area contributed by atoms with Gasteiger partial charge in [-0.25, -0.2) is 0 Å². The van der Waals surface area contributed by atoms with Crippen LogP contribution in [0.4, 0.5) is 0 Å². The number of rotatable bonds is 3. The van der Waals surface area contributed by atoms with Crippen molar-refractivity contribution in [1.29, 1.82) is 5.26 Å². The summed E-state index contributed by atoms with van der Waals surface area (Å²) in [6.07, 6.45) is 4.96. The van der Waals surface area contributed by atoms with Crippen LogP contribution < -0.4 is 5.32 Å². The van der Waals surface area contributed by atoms with Crippen molar-refractivity contribution in [2.45, 2.75) is 37.6 Å². The molecule has 2 aliphatic rings. The molecule has 1 heterocycles. The summed E-state index contributed by atoms with van der Waals surface area (Å²) >= 11 is 0. The second-order valence-electron chi connectivity index (χ2n) is 6.45. The van der Waals surface area contributed by atoms with E-state index in [1.165, 1.54) is 6.26 Å². The molecule has 1 N–H and O–H groups in total. The van der Waals surface area contributed by atoms with Crippen molar-refractivity contribution in [2.24, 2.45) is 0 Å². The minimum atomic E-state index is -0.439. The quantitative estimate of drug-likeness (QED) is 0.942. The van der Waals surface area contributed by atoms with E-state index in [9.17, 15) is 9.59 Å². The summed E-state index contributed by atoms with van der Waals surface area (Å²) in [5.41, 5.74) is 1.84. The lowest BCUT2D eigenvalue weighted by Crippen LogP contribution is -2.35. The van der Waals surface area contributed by atoms with Crippen molar-refractivity contribution in [2.75, 3.05) is 0 Å². The molecule has 2 aliphatic carbocycles. The number of carbonyl (C=O) groups is 2. The maximum absolute atomic E-state index is 12.7. The van der Waals surface area contributed by atoms with Crippen LogP contribution in [0.3, 0.4) is 0 Å². The zero-order chi connectivity index (χ0) is 16.7. The van der Waals surface area contributed by atoms with Crippen LogP contribution in [-0.4, -0.2) is 11.7 Å². The number of hydrogen-bond donors (Lipinski definition) is 1. The fourth-order valence-electron chi connectivity index (χ4n) is 3.37. The standard InChI is InChI=1S/C19H16N2O3/c20-10-12-3-1-4-13(9-12)19(7-8-19)21-18(23)14-11-24-16-6-2-5-15(22)17(14)16/h1,3-4,9,11H,2,5-8H2,(H,21,23). The Bertz CT molecular complexity index is 884. The number of carbonyl (C=O) groups excluding carboxylic acids is 2. The third-order valence-electron chi connectivity index (χ3n) is 4.85. The second-order valence-corrected chi connectivity index (χ2v) is 6.45. The van der Waals surface area contributed by atoms with E-state index in [0.717, 1.165) is 24.8 Å². The van der Waals surface area contributed by atoms with E-state index in [1.807, 2.05) is 18.2 Å². The number of hydrogen-bond acceptors (Lipinski definition) is 4. The summed E-state index contributed by atoms with van der Waals surface area (Å²) in [5, 5.41) is 12.1. The highest BCUT2D eigenvalue weighted by Gasteiger charge is 2.46. The molecular weight excluding hydrogens is 304 g/mol. The first-order valence-electron chi connectivity index (χ1n) is 8.10. The molecule has 120 valence electrons. The first kappa shape index (κ1) is 14.7. The number of aryl methyl sites for hydroxylation is 1. The van der Waals surface area contributed by atoms with Gasteiger partial charge >= 0.3 is 0 Å². The molecule has 0 aliphatic heterocycles. The van der Waals surface area contributed by atoms with E-state index < -0.39 is 5.54 Å². The number of Topliss-reactive ketones (excluding diaryl/α,β-unsaturated/α-hetero) is 1. The third-order valence-corrected chi connectivity index (χ3v) is 4.85. The second kappa shape index (κ2) is 5.34. The smallest absolute Gasteiger partial charge is 0.255 e. The molecule has 0 radical (unpaired) electrons. The lowest BCUT2D eigenvalue weighted by molar-refractivity contribution is 0.0911. The molecule has 24 heavy (non-hydrogen) atoms. The van der Waals surface area contributed by atoms with Gasteiger partial charge in [-0.15, -0.1) is 0 Å². The lowest BCUT2D eigenvalue weighted by Gasteiger charge is -2.18. The number of benzene rings is 1. The monoisotopic (exact) mass is 320 g/mol. The van der Waals surface area contributed by atoms with Gasteiger partial charge in [-0.2, -0.15) is 5.26 Å². The van der Waals surface area contributed by atoms with Gasteiger partial charge in [0.25, 0.3) is 5.91 Å². The Hall–Kier alpha value is -2.87. The van der Waals surface area contributed by atoms with Crippen LogP contribution in [0.25, 0.3) is 0 Å². The highest BCUT2D eigenvalue weighted by molar-refractivity contribution is 6.09. The molecule has 5 heteroatoms. The predicted molar refractivity (Wildman–Crippen MR) is 85.5 cm³/mol. The molecule has 0 spiro atoms. The van der Waals surface area contributed by atoms with Crippen LogP contribution in [-0.2, 0) is 12.0 Å². The molecule has 1 fully saturated rings. The Morgan fingerprint density at radius 1 is 1.29 bits per heavy atom. The van der Waals surface area contributed by atoms with Crippen molar-refractivity contribution in [3.8, 4) is 6.07 Å². The van der Waals surface area contributed by atoms with Gasteiger partial charge in [-0.05, 0) is 37.0 Å². The molecule has 2 aromatic rings. The SMILES string of the molecule is N#Cc1cccc(C2(NC(=O)c3coc4c3C(=O)CCC4)CC2)c1. The van der Waals surface area contributed by atoms with Crippen LogP contribution in [0.15, 0.2) is 34.9 Å². The number of nitriles is 1. The number of nitrogens with zero attached hydrogens (tertiary/aromatic N) is 1. The summed E-state index contributed by atoms with van der Waals surface area (Å²) in [7, 11) is 0. The highest BCUT2D eigenvalue weighted by atomic mass is 16.3. The van der Waals surface area contributed by atoms with Crippen LogP contribution in [0.1, 0.15) is 63.3 Å². The van der Waals surface area contributed by atoms with E-state index >= 15 is 0 Å². The number of fused-ring (bicyclic) bond motifs is 1. The van der Waals surface area contributed by atoms with E-state index in [-0.39, 0.29) is 11.7 Å². The summed E-state index contributed by atoms with van der Waals surface area (Å²) in [5.74, 6) is 0.314. The van der Waals surface area contributed by atoms with Crippen molar-refractivity contribution >= 4 is 11.7 Å². The average Bonchev–Trinajstić information content (AvgIpc) is 3.24. The number of furan rings is 1. The molecule has 0 bridgehead atoms. The Morgan fingerprint density at radius 2 is 2.12 bits per heavy atom. The van der Waals surface area contributed by atoms with Crippen LogP contribution in [0, 0.1) is 11.3 Å². The molecule has 1 amide bonds. The third kappa shape index (κ3) is 2.31. The summed E-state index contributed by atoms with van der Waals surface area (Å²) in [6, 6.07) is 9.42. The normalized spacial score (nSPS) is 17.7. The molecule has 1 aromatic heterocycles. The van der Waals surface area contributed by atoms with Crippen molar-refractivity contribution in [3.63, 3.8) is 0 Å². The van der Waals surface area contributed by atoms with Gasteiger partial charge in [-0.3, -0.25) is 9.59 Å². The van der Waals surface area contributed by atoms with E-state index in [0.29, 0.717) is 35.3 Å². The van der Waals surface area contributed by atoms with E-state index in [2.05, 4.69) is 11.4 Å². The summed E-state index contributed by atoms with van der Waals surface area (Å²) < 4.78 is 5.43. The number of ketones is 1. The molecule has 1 aromatic carbocycles. The topological polar surface area (TPSA) is 83.1 Å². The van der Waals surface area contributed by atoms with Gasteiger partial charge in [0.05, 0.1) is 28.3 Å². The molecular formula is C19H16N2O3. The number of nitrogens with one attached hydrogen (secondary N) is 1. The van der Waals surface area contributed by atoms with Crippen molar-refractivity contribution < 1.29 is 14.0 Å². The Labute approximate surface area is 139 Å². The summed E-state index contributed by atoms with van der Waals surface area (Å²) in [6.45, 7) is 0. The lowest BCUT2D eigenvalue weighted by atomic mass is 9.93. The zero-order valence-electron chi connectivity index (χ0n) is 13.1. The van der Waals surface area contributed by atoms with Gasteiger partial charge in [0.15, 0.2) is 5.78 Å². The highest BCUT2D eigenvalue weighted by Crippen LogP contribution is 2.46. The van der Waals surface area contributed by atoms with Gasteiger partial charge in [-0.1, -0.05) is 12.1 Å². The van der Waals surface area contributed by atoms with Crippen molar-refractivity contribution in [3.05, 3.63) is 58.5 Å².